The van der Waals surface area contributed by atoms with Gasteiger partial charge in [-0.15, -0.1) is 0 Å². The second-order valence-corrected chi connectivity index (χ2v) is 5.12. The van der Waals surface area contributed by atoms with E-state index in [9.17, 15) is 13.2 Å². The van der Waals surface area contributed by atoms with E-state index in [1.807, 2.05) is 11.8 Å². The number of nitrogens with zero attached hydrogens (tertiary/aromatic N) is 2. The summed E-state index contributed by atoms with van der Waals surface area (Å²) in [5.41, 5.74) is -0.674. The van der Waals surface area contributed by atoms with Gasteiger partial charge in [-0.25, -0.2) is 4.98 Å². The van der Waals surface area contributed by atoms with E-state index in [2.05, 4.69) is 10.3 Å². The number of pyridine rings is 1. The Morgan fingerprint density at radius 1 is 1.43 bits per heavy atom. The second kappa shape index (κ2) is 6.51. The van der Waals surface area contributed by atoms with E-state index < -0.39 is 11.7 Å². The lowest BCUT2D eigenvalue weighted by Crippen LogP contribution is -2.24. The first-order valence-corrected chi connectivity index (χ1v) is 7.05. The highest BCUT2D eigenvalue weighted by atomic mass is 19.4. The Labute approximate surface area is 122 Å². The minimum atomic E-state index is -4.37. The van der Waals surface area contributed by atoms with Gasteiger partial charge in [-0.05, 0) is 25.0 Å². The lowest BCUT2D eigenvalue weighted by Gasteiger charge is -2.20. The largest absolute Gasteiger partial charge is 0.416 e. The first kappa shape index (κ1) is 15.9. The lowest BCUT2D eigenvalue weighted by atomic mass is 10.2. The van der Waals surface area contributed by atoms with Gasteiger partial charge in [0.1, 0.15) is 11.6 Å². The first-order chi connectivity index (χ1) is 9.94. The molecule has 0 spiro atoms. The average Bonchev–Trinajstić information content (AvgIpc) is 2.93. The van der Waals surface area contributed by atoms with Crippen LogP contribution in [0.4, 0.5) is 24.8 Å². The Bertz CT molecular complexity index is 479. The summed E-state index contributed by atoms with van der Waals surface area (Å²) in [6.07, 6.45) is -2.70. The molecule has 0 amide bonds. The maximum absolute atomic E-state index is 13.0. The summed E-state index contributed by atoms with van der Waals surface area (Å²) in [6.45, 7) is 3.76. The van der Waals surface area contributed by atoms with Crippen molar-refractivity contribution in [3.63, 3.8) is 0 Å². The van der Waals surface area contributed by atoms with Crippen molar-refractivity contribution in [3.8, 4) is 0 Å². The lowest BCUT2D eigenvalue weighted by molar-refractivity contribution is -0.137. The van der Waals surface area contributed by atoms with Crippen LogP contribution in [0, 0.1) is 0 Å². The van der Waals surface area contributed by atoms with Crippen molar-refractivity contribution in [3.05, 3.63) is 17.7 Å². The molecule has 1 saturated heterocycles. The molecule has 0 saturated carbocycles. The van der Waals surface area contributed by atoms with E-state index in [0.717, 1.165) is 25.0 Å². The van der Waals surface area contributed by atoms with Crippen molar-refractivity contribution in [2.45, 2.75) is 32.0 Å². The van der Waals surface area contributed by atoms with E-state index in [-0.39, 0.29) is 11.9 Å². The Balaban J connectivity index is 2.27. The number of aromatic nitrogens is 1. The summed E-state index contributed by atoms with van der Waals surface area (Å²) >= 11 is 0. The summed E-state index contributed by atoms with van der Waals surface area (Å²) in [5, 5.41) is 2.93. The molecular weight excluding hydrogens is 283 g/mol. The molecule has 1 unspecified atom stereocenters. The zero-order valence-corrected chi connectivity index (χ0v) is 12.2. The zero-order chi connectivity index (χ0) is 15.5. The fraction of sp³-hybridized carbons (Fsp3) is 0.643. The molecule has 1 aromatic heterocycles. The van der Waals surface area contributed by atoms with Crippen molar-refractivity contribution in [1.82, 2.24) is 4.98 Å². The Morgan fingerprint density at radius 3 is 2.76 bits per heavy atom. The Morgan fingerprint density at radius 2 is 2.19 bits per heavy atom. The summed E-state index contributed by atoms with van der Waals surface area (Å²) in [4.78, 5) is 6.13. The fourth-order valence-corrected chi connectivity index (χ4v) is 2.31. The molecule has 1 atom stereocenters. The average molecular weight is 303 g/mol. The van der Waals surface area contributed by atoms with Gasteiger partial charge in [0.25, 0.3) is 0 Å². The molecule has 0 bridgehead atoms. The van der Waals surface area contributed by atoms with Crippen LogP contribution < -0.4 is 10.2 Å². The molecule has 0 radical (unpaired) electrons. The fourth-order valence-electron chi connectivity index (χ4n) is 2.31. The van der Waals surface area contributed by atoms with Crippen LogP contribution in [0.5, 0.6) is 0 Å². The molecule has 4 nitrogen and oxygen atoms in total. The van der Waals surface area contributed by atoms with Gasteiger partial charge < -0.3 is 15.0 Å². The quantitative estimate of drug-likeness (QED) is 0.907. The molecule has 1 N–H and O–H groups in total. The summed E-state index contributed by atoms with van der Waals surface area (Å²) < 4.78 is 44.3. The molecule has 1 aliphatic heterocycles. The van der Waals surface area contributed by atoms with Crippen LogP contribution in [0.15, 0.2) is 12.1 Å². The second-order valence-electron chi connectivity index (χ2n) is 5.12. The standard InChI is InChI=1S/C14H20F3N3O/c1-3-5-18-12-7-10(14(15,16)17)8-13(19-12)20-6-4-11(9-20)21-2/h7-8,11H,3-6,9H2,1-2H3,(H,18,19). The molecule has 7 heteroatoms. The molecular formula is C14H20F3N3O. The predicted octanol–water partition coefficient (Wildman–Crippen LogP) is 3.15. The van der Waals surface area contributed by atoms with Crippen molar-refractivity contribution >= 4 is 11.6 Å². The van der Waals surface area contributed by atoms with Gasteiger partial charge in [-0.1, -0.05) is 6.92 Å². The van der Waals surface area contributed by atoms with Crippen LogP contribution in [0.2, 0.25) is 0 Å². The van der Waals surface area contributed by atoms with Crippen molar-refractivity contribution in [1.29, 1.82) is 0 Å². The van der Waals surface area contributed by atoms with E-state index in [0.29, 0.717) is 25.5 Å². The number of anilines is 2. The van der Waals surface area contributed by atoms with Crippen LogP contribution in [-0.2, 0) is 10.9 Å². The van der Waals surface area contributed by atoms with E-state index >= 15 is 0 Å². The molecule has 21 heavy (non-hydrogen) atoms. The maximum Gasteiger partial charge on any atom is 0.416 e. The van der Waals surface area contributed by atoms with Crippen LogP contribution in [0.3, 0.4) is 0 Å². The van der Waals surface area contributed by atoms with Crippen molar-refractivity contribution in [2.24, 2.45) is 0 Å². The van der Waals surface area contributed by atoms with Gasteiger partial charge in [0.2, 0.25) is 0 Å². The van der Waals surface area contributed by atoms with Gasteiger partial charge in [-0.2, -0.15) is 13.2 Å². The van der Waals surface area contributed by atoms with E-state index in [4.69, 9.17) is 4.74 Å². The van der Waals surface area contributed by atoms with Crippen LogP contribution in [0.1, 0.15) is 25.3 Å². The minimum Gasteiger partial charge on any atom is -0.380 e. The number of rotatable bonds is 5. The van der Waals surface area contributed by atoms with Crippen molar-refractivity contribution in [2.75, 3.05) is 37.0 Å². The predicted molar refractivity (Wildman–Crippen MR) is 75.6 cm³/mol. The van der Waals surface area contributed by atoms with Gasteiger partial charge in [-0.3, -0.25) is 0 Å². The number of hydrogen-bond acceptors (Lipinski definition) is 4. The van der Waals surface area contributed by atoms with Gasteiger partial charge in [0.05, 0.1) is 11.7 Å². The topological polar surface area (TPSA) is 37.4 Å². The summed E-state index contributed by atoms with van der Waals surface area (Å²) in [5.74, 6) is 0.616. The zero-order valence-electron chi connectivity index (χ0n) is 12.2. The molecule has 2 rings (SSSR count). The summed E-state index contributed by atoms with van der Waals surface area (Å²) in [6, 6.07) is 2.16. The van der Waals surface area contributed by atoms with E-state index in [1.54, 1.807) is 7.11 Å². The molecule has 2 heterocycles. The highest BCUT2D eigenvalue weighted by molar-refractivity contribution is 5.52. The highest BCUT2D eigenvalue weighted by Gasteiger charge is 2.33. The van der Waals surface area contributed by atoms with Crippen LogP contribution >= 0.6 is 0 Å². The molecule has 1 aliphatic rings. The number of nitrogens with one attached hydrogen (secondary N) is 1. The maximum atomic E-state index is 13.0. The van der Waals surface area contributed by atoms with Crippen LogP contribution in [-0.4, -0.2) is 37.8 Å². The van der Waals surface area contributed by atoms with E-state index in [1.165, 1.54) is 0 Å². The minimum absolute atomic E-state index is 0.0494. The molecule has 0 aromatic carbocycles. The third-order valence-corrected chi connectivity index (χ3v) is 3.50. The molecule has 1 aromatic rings. The third kappa shape index (κ3) is 4.00. The monoisotopic (exact) mass is 303 g/mol. The number of methoxy groups -OCH3 is 1. The van der Waals surface area contributed by atoms with Gasteiger partial charge in [0, 0.05) is 26.7 Å². The first-order valence-electron chi connectivity index (χ1n) is 7.05. The smallest absolute Gasteiger partial charge is 0.380 e. The Hall–Kier alpha value is -1.50. The van der Waals surface area contributed by atoms with Gasteiger partial charge >= 0.3 is 6.18 Å². The number of hydrogen-bond donors (Lipinski definition) is 1. The normalized spacial score (nSPS) is 19.1. The molecule has 1 fully saturated rings. The highest BCUT2D eigenvalue weighted by Crippen LogP contribution is 2.33. The SMILES string of the molecule is CCCNc1cc(C(F)(F)F)cc(N2CCC(OC)C2)n1. The summed E-state index contributed by atoms with van der Waals surface area (Å²) in [7, 11) is 1.61. The van der Waals surface area contributed by atoms with Gasteiger partial charge in [0.15, 0.2) is 0 Å². The molecule has 0 aliphatic carbocycles. The van der Waals surface area contributed by atoms with Crippen molar-refractivity contribution < 1.29 is 17.9 Å². The van der Waals surface area contributed by atoms with Crippen LogP contribution in [0.25, 0.3) is 0 Å². The number of halogens is 3. The molecule has 118 valence electrons. The number of alkyl halides is 3. The number of ether oxygens (including phenoxy) is 1. The Kier molecular flexibility index (Phi) is 4.92. The third-order valence-electron chi connectivity index (χ3n) is 3.50.